The SMILES string of the molecule is CC[C@H](C)NC(=O)[C@H](C)N(Cc1ccc(Br)cc1)C(=O)CSc1ccccc1. The van der Waals surface area contributed by atoms with Crippen LogP contribution in [-0.4, -0.2) is 34.6 Å². The van der Waals surface area contributed by atoms with E-state index in [1.54, 1.807) is 11.8 Å². The van der Waals surface area contributed by atoms with E-state index < -0.39 is 6.04 Å². The minimum Gasteiger partial charge on any atom is -0.352 e. The Morgan fingerprint density at radius 2 is 1.71 bits per heavy atom. The van der Waals surface area contributed by atoms with Crippen molar-refractivity contribution in [2.45, 2.75) is 50.7 Å². The van der Waals surface area contributed by atoms with Crippen molar-refractivity contribution in [1.29, 1.82) is 0 Å². The van der Waals surface area contributed by atoms with E-state index in [0.717, 1.165) is 21.4 Å². The van der Waals surface area contributed by atoms with Crippen molar-refractivity contribution in [2.24, 2.45) is 0 Å². The highest BCUT2D eigenvalue weighted by Crippen LogP contribution is 2.20. The van der Waals surface area contributed by atoms with Crippen LogP contribution in [0.3, 0.4) is 0 Å². The fourth-order valence-corrected chi connectivity index (χ4v) is 3.65. The second kappa shape index (κ2) is 11.3. The molecule has 0 spiro atoms. The topological polar surface area (TPSA) is 49.4 Å². The van der Waals surface area contributed by atoms with Gasteiger partial charge in [-0.15, -0.1) is 11.8 Å². The first-order valence-electron chi connectivity index (χ1n) is 9.42. The van der Waals surface area contributed by atoms with E-state index in [1.165, 1.54) is 11.8 Å². The lowest BCUT2D eigenvalue weighted by atomic mass is 10.1. The zero-order chi connectivity index (χ0) is 20.5. The average molecular weight is 463 g/mol. The normalized spacial score (nSPS) is 12.9. The number of nitrogens with one attached hydrogen (secondary N) is 1. The van der Waals surface area contributed by atoms with Gasteiger partial charge in [0.1, 0.15) is 6.04 Å². The molecule has 0 fully saturated rings. The maximum Gasteiger partial charge on any atom is 0.242 e. The van der Waals surface area contributed by atoms with Crippen LogP contribution in [0.1, 0.15) is 32.8 Å². The maximum absolute atomic E-state index is 13.0. The molecule has 0 saturated heterocycles. The molecular formula is C22H27BrN2O2S. The van der Waals surface area contributed by atoms with Gasteiger partial charge in [-0.05, 0) is 50.1 Å². The van der Waals surface area contributed by atoms with Crippen molar-refractivity contribution in [1.82, 2.24) is 10.2 Å². The van der Waals surface area contributed by atoms with Crippen LogP contribution in [-0.2, 0) is 16.1 Å². The molecule has 0 bridgehead atoms. The lowest BCUT2D eigenvalue weighted by Crippen LogP contribution is -2.50. The summed E-state index contributed by atoms with van der Waals surface area (Å²) in [4.78, 5) is 28.4. The summed E-state index contributed by atoms with van der Waals surface area (Å²) < 4.78 is 0.983. The molecule has 2 atom stereocenters. The Hall–Kier alpha value is -1.79. The molecule has 2 aromatic rings. The summed E-state index contributed by atoms with van der Waals surface area (Å²) in [5.41, 5.74) is 0.990. The van der Waals surface area contributed by atoms with Crippen molar-refractivity contribution < 1.29 is 9.59 Å². The van der Waals surface area contributed by atoms with Gasteiger partial charge in [-0.1, -0.05) is 53.2 Å². The molecule has 0 heterocycles. The van der Waals surface area contributed by atoms with E-state index >= 15 is 0 Å². The summed E-state index contributed by atoms with van der Waals surface area (Å²) in [6, 6.07) is 17.2. The van der Waals surface area contributed by atoms with Gasteiger partial charge in [0.05, 0.1) is 5.75 Å². The highest BCUT2D eigenvalue weighted by Gasteiger charge is 2.26. The molecule has 0 aliphatic carbocycles. The number of thioether (sulfide) groups is 1. The minimum atomic E-state index is -0.540. The number of benzene rings is 2. The van der Waals surface area contributed by atoms with Crippen LogP contribution in [0.25, 0.3) is 0 Å². The number of hydrogen-bond donors (Lipinski definition) is 1. The third-order valence-corrected chi connectivity index (χ3v) is 6.07. The number of rotatable bonds is 9. The third kappa shape index (κ3) is 6.99. The van der Waals surface area contributed by atoms with Crippen molar-refractivity contribution in [3.8, 4) is 0 Å². The molecule has 0 aromatic heterocycles. The highest BCUT2D eigenvalue weighted by molar-refractivity contribution is 9.10. The first kappa shape index (κ1) is 22.5. The minimum absolute atomic E-state index is 0.0522. The molecule has 2 rings (SSSR count). The predicted octanol–water partition coefficient (Wildman–Crippen LogP) is 4.87. The summed E-state index contributed by atoms with van der Waals surface area (Å²) in [6.07, 6.45) is 0.850. The first-order valence-corrected chi connectivity index (χ1v) is 11.2. The fraction of sp³-hybridized carbons (Fsp3) is 0.364. The highest BCUT2D eigenvalue weighted by atomic mass is 79.9. The van der Waals surface area contributed by atoms with E-state index in [4.69, 9.17) is 0 Å². The van der Waals surface area contributed by atoms with E-state index in [9.17, 15) is 9.59 Å². The summed E-state index contributed by atoms with van der Waals surface area (Å²) in [7, 11) is 0. The van der Waals surface area contributed by atoms with Gasteiger partial charge in [-0.2, -0.15) is 0 Å². The number of nitrogens with zero attached hydrogens (tertiary/aromatic N) is 1. The number of carbonyl (C=O) groups excluding carboxylic acids is 2. The van der Waals surface area contributed by atoms with Crippen molar-refractivity contribution in [3.63, 3.8) is 0 Å². The van der Waals surface area contributed by atoms with Gasteiger partial charge in [0.15, 0.2) is 0 Å². The Kier molecular flexibility index (Phi) is 9.06. The molecule has 1 N–H and O–H groups in total. The smallest absolute Gasteiger partial charge is 0.242 e. The van der Waals surface area contributed by atoms with E-state index in [0.29, 0.717) is 12.3 Å². The monoisotopic (exact) mass is 462 g/mol. The zero-order valence-corrected chi connectivity index (χ0v) is 18.9. The van der Waals surface area contributed by atoms with Gasteiger partial charge in [0, 0.05) is 22.0 Å². The Bertz CT molecular complexity index is 768. The van der Waals surface area contributed by atoms with Crippen molar-refractivity contribution >= 4 is 39.5 Å². The molecule has 0 aliphatic heterocycles. The maximum atomic E-state index is 13.0. The Labute approximate surface area is 180 Å². The quantitative estimate of drug-likeness (QED) is 0.540. The van der Waals surface area contributed by atoms with Gasteiger partial charge in [0.25, 0.3) is 0 Å². The zero-order valence-electron chi connectivity index (χ0n) is 16.5. The van der Waals surface area contributed by atoms with Crippen LogP contribution in [0.4, 0.5) is 0 Å². The molecule has 0 radical (unpaired) electrons. The van der Waals surface area contributed by atoms with Crippen LogP contribution in [0, 0.1) is 0 Å². The molecule has 0 unspecified atom stereocenters. The molecular weight excluding hydrogens is 436 g/mol. The average Bonchev–Trinajstić information content (AvgIpc) is 2.71. The molecule has 28 heavy (non-hydrogen) atoms. The van der Waals surface area contributed by atoms with Gasteiger partial charge in [-0.25, -0.2) is 0 Å². The molecule has 2 aromatic carbocycles. The fourth-order valence-electron chi connectivity index (χ4n) is 2.58. The van der Waals surface area contributed by atoms with Gasteiger partial charge in [0.2, 0.25) is 11.8 Å². The third-order valence-electron chi connectivity index (χ3n) is 4.54. The number of hydrogen-bond acceptors (Lipinski definition) is 3. The first-order chi connectivity index (χ1) is 13.4. The molecule has 6 heteroatoms. The molecule has 0 saturated carbocycles. The molecule has 2 amide bonds. The van der Waals surface area contributed by atoms with Crippen molar-refractivity contribution in [3.05, 3.63) is 64.6 Å². The lowest BCUT2D eigenvalue weighted by molar-refractivity contribution is -0.138. The summed E-state index contributed by atoms with van der Waals surface area (Å²) in [6.45, 7) is 6.19. The largest absolute Gasteiger partial charge is 0.352 e. The van der Waals surface area contributed by atoms with Crippen LogP contribution in [0.2, 0.25) is 0 Å². The summed E-state index contributed by atoms with van der Waals surface area (Å²) in [5.74, 6) is 0.120. The van der Waals surface area contributed by atoms with Crippen LogP contribution >= 0.6 is 27.7 Å². The van der Waals surface area contributed by atoms with Crippen molar-refractivity contribution in [2.75, 3.05) is 5.75 Å². The Morgan fingerprint density at radius 1 is 1.07 bits per heavy atom. The number of carbonyl (C=O) groups is 2. The van der Waals surface area contributed by atoms with Gasteiger partial charge in [-0.3, -0.25) is 9.59 Å². The van der Waals surface area contributed by atoms with Crippen LogP contribution in [0.15, 0.2) is 64.0 Å². The Morgan fingerprint density at radius 3 is 2.32 bits per heavy atom. The van der Waals surface area contributed by atoms with Gasteiger partial charge >= 0.3 is 0 Å². The standard InChI is InChI=1S/C22H27BrN2O2S/c1-4-16(2)24-22(27)17(3)25(14-18-10-12-19(23)13-11-18)21(26)15-28-20-8-6-5-7-9-20/h5-13,16-17H,4,14-15H2,1-3H3,(H,24,27)/t16-,17-/m0/s1. The van der Waals surface area contributed by atoms with Gasteiger partial charge < -0.3 is 10.2 Å². The summed E-state index contributed by atoms with van der Waals surface area (Å²) in [5, 5.41) is 2.99. The van der Waals surface area contributed by atoms with Crippen LogP contribution < -0.4 is 5.32 Å². The second-order valence-electron chi connectivity index (χ2n) is 6.74. The van der Waals surface area contributed by atoms with E-state index in [-0.39, 0.29) is 17.9 Å². The second-order valence-corrected chi connectivity index (χ2v) is 8.71. The van der Waals surface area contributed by atoms with E-state index in [1.807, 2.05) is 68.4 Å². The molecule has 0 aliphatic rings. The number of amides is 2. The molecule has 4 nitrogen and oxygen atoms in total. The molecule has 150 valence electrons. The number of halogens is 1. The summed E-state index contributed by atoms with van der Waals surface area (Å²) >= 11 is 4.92. The van der Waals surface area contributed by atoms with Crippen LogP contribution in [0.5, 0.6) is 0 Å². The predicted molar refractivity (Wildman–Crippen MR) is 119 cm³/mol. The lowest BCUT2D eigenvalue weighted by Gasteiger charge is -2.29. The Balaban J connectivity index is 2.12. The van der Waals surface area contributed by atoms with E-state index in [2.05, 4.69) is 21.2 Å².